The van der Waals surface area contributed by atoms with Crippen LogP contribution in [0.2, 0.25) is 0 Å². The molecule has 2 saturated carbocycles. The first kappa shape index (κ1) is 16.3. The normalized spacial score (nSPS) is 25.0. The zero-order chi connectivity index (χ0) is 15.5. The van der Waals surface area contributed by atoms with Crippen molar-refractivity contribution < 1.29 is 22.7 Å². The van der Waals surface area contributed by atoms with Gasteiger partial charge in [0, 0.05) is 12.3 Å². The highest BCUT2D eigenvalue weighted by Crippen LogP contribution is 2.51. The van der Waals surface area contributed by atoms with E-state index in [0.717, 1.165) is 6.42 Å². The van der Waals surface area contributed by atoms with Crippen molar-refractivity contribution in [1.29, 1.82) is 0 Å². The second kappa shape index (κ2) is 6.77. The summed E-state index contributed by atoms with van der Waals surface area (Å²) in [5.74, 6) is -0.136. The molecule has 0 aromatic heterocycles. The van der Waals surface area contributed by atoms with E-state index < -0.39 is 16.0 Å². The monoisotopic (exact) mass is 317 g/mol. The molecule has 0 aromatic rings. The predicted octanol–water partition coefficient (Wildman–Crippen LogP) is 1.21. The van der Waals surface area contributed by atoms with Gasteiger partial charge in [0.1, 0.15) is 0 Å². The molecule has 2 aliphatic rings. The summed E-state index contributed by atoms with van der Waals surface area (Å²) in [6.07, 6.45) is 4.59. The topological polar surface area (TPSA) is 89.5 Å². The van der Waals surface area contributed by atoms with E-state index in [-0.39, 0.29) is 37.0 Å². The van der Waals surface area contributed by atoms with Crippen molar-refractivity contribution in [3.05, 3.63) is 0 Å². The third kappa shape index (κ3) is 4.69. The van der Waals surface area contributed by atoms with E-state index in [9.17, 15) is 18.0 Å². The molecule has 0 aliphatic heterocycles. The Hall–Kier alpha value is -1.11. The van der Waals surface area contributed by atoms with Crippen molar-refractivity contribution in [2.45, 2.75) is 45.4 Å². The average Bonchev–Trinajstić information content (AvgIpc) is 3.06. The first-order valence-corrected chi connectivity index (χ1v) is 9.28. The van der Waals surface area contributed by atoms with Gasteiger partial charge in [-0.25, -0.2) is 8.42 Å². The van der Waals surface area contributed by atoms with Crippen LogP contribution in [0.4, 0.5) is 0 Å². The number of hydrogen-bond donors (Lipinski definition) is 1. The van der Waals surface area contributed by atoms with Crippen LogP contribution in [0.15, 0.2) is 0 Å². The zero-order valence-corrected chi connectivity index (χ0v) is 13.2. The maximum atomic E-state index is 11.9. The Morgan fingerprint density at radius 2 is 2.00 bits per heavy atom. The number of sulfonamides is 1. The summed E-state index contributed by atoms with van der Waals surface area (Å²) < 4.78 is 30.4. The van der Waals surface area contributed by atoms with Gasteiger partial charge in [-0.1, -0.05) is 19.3 Å². The largest absolute Gasteiger partial charge is 0.466 e. The van der Waals surface area contributed by atoms with Crippen LogP contribution in [0, 0.1) is 17.8 Å². The summed E-state index contributed by atoms with van der Waals surface area (Å²) in [5, 5.41) is 0. The minimum Gasteiger partial charge on any atom is -0.466 e. The summed E-state index contributed by atoms with van der Waals surface area (Å²) in [6.45, 7) is 1.98. The lowest BCUT2D eigenvalue weighted by Gasteiger charge is -2.25. The lowest BCUT2D eigenvalue weighted by Crippen LogP contribution is -2.34. The number of carbonyl (C=O) groups excluding carboxylic acids is 2. The highest BCUT2D eigenvalue weighted by Gasteiger charge is 2.49. The fourth-order valence-corrected chi connectivity index (χ4v) is 3.91. The Morgan fingerprint density at radius 1 is 1.29 bits per heavy atom. The lowest BCUT2D eigenvalue weighted by atomic mass is 9.81. The van der Waals surface area contributed by atoms with Gasteiger partial charge in [-0.2, -0.15) is 0 Å². The molecule has 6 nitrogen and oxygen atoms in total. The van der Waals surface area contributed by atoms with Crippen molar-refractivity contribution in [3.8, 4) is 0 Å². The number of ether oxygens (including phenoxy) is 1. The third-order valence-corrected chi connectivity index (χ3v) is 5.63. The van der Waals surface area contributed by atoms with Crippen LogP contribution in [0.1, 0.15) is 45.4 Å². The van der Waals surface area contributed by atoms with E-state index in [1.807, 2.05) is 0 Å². The molecule has 2 aliphatic carbocycles. The van der Waals surface area contributed by atoms with Crippen LogP contribution in [0.25, 0.3) is 0 Å². The van der Waals surface area contributed by atoms with Crippen molar-refractivity contribution >= 4 is 21.9 Å². The van der Waals surface area contributed by atoms with Gasteiger partial charge in [-0.05, 0) is 31.6 Å². The molecule has 120 valence electrons. The van der Waals surface area contributed by atoms with Gasteiger partial charge in [0.2, 0.25) is 15.9 Å². The second-order valence-corrected chi connectivity index (χ2v) is 7.73. The van der Waals surface area contributed by atoms with E-state index in [1.54, 1.807) is 6.92 Å². The van der Waals surface area contributed by atoms with Crippen LogP contribution < -0.4 is 4.72 Å². The van der Waals surface area contributed by atoms with Gasteiger partial charge in [0.25, 0.3) is 0 Å². The molecule has 7 heteroatoms. The lowest BCUT2D eigenvalue weighted by molar-refractivity contribution is -0.143. The molecule has 0 radical (unpaired) electrons. The van der Waals surface area contributed by atoms with Gasteiger partial charge in [0.05, 0.1) is 12.4 Å². The van der Waals surface area contributed by atoms with Crippen LogP contribution in [-0.2, 0) is 24.3 Å². The molecule has 0 saturated heterocycles. The Morgan fingerprint density at radius 3 is 2.57 bits per heavy atom. The number of carbonyl (C=O) groups is 2. The smallest absolute Gasteiger partial charge is 0.305 e. The highest BCUT2D eigenvalue weighted by atomic mass is 32.2. The fourth-order valence-electron chi connectivity index (χ4n) is 2.82. The number of rotatable bonds is 8. The SMILES string of the molecule is CCOC(=O)CCCS(=O)(=O)NC(=O)[C@@H]1C[C@H]1C1CCC1. The van der Waals surface area contributed by atoms with Crippen molar-refractivity contribution in [3.63, 3.8) is 0 Å². The van der Waals surface area contributed by atoms with Crippen LogP contribution in [0.3, 0.4) is 0 Å². The van der Waals surface area contributed by atoms with E-state index in [0.29, 0.717) is 11.8 Å². The quantitative estimate of drug-likeness (QED) is 0.680. The van der Waals surface area contributed by atoms with Crippen LogP contribution in [0.5, 0.6) is 0 Å². The number of hydrogen-bond acceptors (Lipinski definition) is 5. The molecular formula is C14H23NO5S. The van der Waals surface area contributed by atoms with Crippen LogP contribution >= 0.6 is 0 Å². The van der Waals surface area contributed by atoms with Gasteiger partial charge in [-0.15, -0.1) is 0 Å². The number of esters is 1. The Balaban J connectivity index is 1.68. The van der Waals surface area contributed by atoms with E-state index in [4.69, 9.17) is 4.74 Å². The molecule has 1 N–H and O–H groups in total. The molecule has 2 fully saturated rings. The standard InChI is InChI=1S/C14H23NO5S/c1-2-20-13(16)7-4-8-21(18,19)15-14(17)12-9-11(12)10-5-3-6-10/h10-12H,2-9H2,1H3,(H,15,17)/t11-,12+/m0/s1. The van der Waals surface area contributed by atoms with Gasteiger partial charge in [0.15, 0.2) is 0 Å². The Bertz CT molecular complexity index is 497. The second-order valence-electron chi connectivity index (χ2n) is 5.89. The van der Waals surface area contributed by atoms with Gasteiger partial charge < -0.3 is 4.74 Å². The molecule has 0 bridgehead atoms. The Labute approximate surface area is 125 Å². The van der Waals surface area contributed by atoms with E-state index in [2.05, 4.69) is 4.72 Å². The van der Waals surface area contributed by atoms with Crippen molar-refractivity contribution in [1.82, 2.24) is 4.72 Å². The van der Waals surface area contributed by atoms with Crippen molar-refractivity contribution in [2.24, 2.45) is 17.8 Å². The van der Waals surface area contributed by atoms with Crippen molar-refractivity contribution in [2.75, 3.05) is 12.4 Å². The number of amides is 1. The summed E-state index contributed by atoms with van der Waals surface area (Å²) in [5.41, 5.74) is 0. The first-order chi connectivity index (χ1) is 9.93. The predicted molar refractivity (Wildman–Crippen MR) is 76.7 cm³/mol. The molecular weight excluding hydrogens is 294 g/mol. The van der Waals surface area contributed by atoms with E-state index in [1.165, 1.54) is 19.3 Å². The maximum Gasteiger partial charge on any atom is 0.305 e. The molecule has 2 atom stereocenters. The average molecular weight is 317 g/mol. The molecule has 0 spiro atoms. The summed E-state index contributed by atoms with van der Waals surface area (Å²) in [6, 6.07) is 0. The first-order valence-electron chi connectivity index (χ1n) is 7.63. The van der Waals surface area contributed by atoms with Gasteiger partial charge in [-0.3, -0.25) is 14.3 Å². The number of nitrogens with one attached hydrogen (secondary N) is 1. The van der Waals surface area contributed by atoms with Gasteiger partial charge >= 0.3 is 5.97 Å². The summed E-state index contributed by atoms with van der Waals surface area (Å²) in [4.78, 5) is 23.0. The molecule has 21 heavy (non-hydrogen) atoms. The molecule has 0 unspecified atom stereocenters. The summed E-state index contributed by atoms with van der Waals surface area (Å²) in [7, 11) is -3.64. The molecule has 0 aromatic carbocycles. The Kier molecular flexibility index (Phi) is 5.24. The highest BCUT2D eigenvalue weighted by molar-refractivity contribution is 7.90. The molecule has 2 rings (SSSR count). The molecule has 1 amide bonds. The van der Waals surface area contributed by atoms with Crippen LogP contribution in [-0.4, -0.2) is 32.7 Å². The minimum atomic E-state index is -3.64. The minimum absolute atomic E-state index is 0.0526. The maximum absolute atomic E-state index is 11.9. The van der Waals surface area contributed by atoms with E-state index >= 15 is 0 Å². The summed E-state index contributed by atoms with van der Waals surface area (Å²) >= 11 is 0. The fraction of sp³-hybridized carbons (Fsp3) is 0.857. The molecule has 0 heterocycles. The third-order valence-electron chi connectivity index (χ3n) is 4.29. The zero-order valence-electron chi connectivity index (χ0n) is 12.3.